The first-order valence-corrected chi connectivity index (χ1v) is 42.6. The number of fused-ring (bicyclic) bond motifs is 18. The van der Waals surface area contributed by atoms with Crippen LogP contribution in [0.25, 0.3) is 127 Å². The Balaban J connectivity index is 0.000000116. The van der Waals surface area contributed by atoms with Crippen molar-refractivity contribution in [2.24, 2.45) is 0 Å². The molecule has 0 unspecified atom stereocenters. The van der Waals surface area contributed by atoms with Crippen LogP contribution >= 0.6 is 22.7 Å². The quantitative estimate of drug-likeness (QED) is 0.113. The van der Waals surface area contributed by atoms with Crippen LogP contribution in [0.4, 0.5) is 0 Å². The predicted molar refractivity (Wildman–Crippen MR) is 488 cm³/mol. The lowest BCUT2D eigenvalue weighted by Crippen LogP contribution is -2.05. The molecule has 20 rings (SSSR count). The predicted octanol–water partition coefficient (Wildman–Crippen LogP) is 26.1. The number of para-hydroxylation sites is 2. The summed E-state index contributed by atoms with van der Waals surface area (Å²) in [6, 6.07) is 85.2. The average molecular weight is 1570 g/mol. The van der Waals surface area contributed by atoms with Crippen LogP contribution in [0.2, 0.25) is 0 Å². The summed E-state index contributed by atoms with van der Waals surface area (Å²) in [5, 5.41) is 20.5. The van der Waals surface area contributed by atoms with Crippen molar-refractivity contribution in [1.82, 2.24) is 59.8 Å². The van der Waals surface area contributed by atoms with E-state index >= 15 is 0 Å². The molecule has 0 aliphatic heterocycles. The number of nitrogens with zero attached hydrogens (tertiary/aromatic N) is 12. The Morgan fingerprint density at radius 2 is 0.474 bits per heavy atom. The molecule has 0 saturated carbocycles. The van der Waals surface area contributed by atoms with Gasteiger partial charge in [0, 0.05) is 144 Å². The smallest absolute Gasteiger partial charge is 0.143 e. The van der Waals surface area contributed by atoms with Gasteiger partial charge in [-0.15, -0.1) is 22.7 Å². The Morgan fingerprint density at radius 3 is 0.888 bits per heavy atom. The molecule has 0 radical (unpaired) electrons. The molecule has 0 amide bonds. The molecule has 16 heteroatoms. The molecule has 8 aromatic heterocycles. The van der Waals surface area contributed by atoms with Crippen LogP contribution in [0, 0.1) is 0 Å². The molecule has 20 aromatic rings. The van der Waals surface area contributed by atoms with Crippen molar-refractivity contribution >= 4 is 150 Å². The maximum absolute atomic E-state index is 5.97. The second-order valence-electron chi connectivity index (χ2n) is 27.7. The van der Waals surface area contributed by atoms with E-state index in [1.807, 2.05) is 59.1 Å². The van der Waals surface area contributed by atoms with E-state index in [4.69, 9.17) is 8.83 Å². The highest BCUT2D eigenvalue weighted by Crippen LogP contribution is 2.40. The largest absolute Gasteiger partial charge is 0.456 e. The summed E-state index contributed by atoms with van der Waals surface area (Å²) in [5.41, 5.74) is 3.87. The SMILES string of the molecule is CCc1nc(CC)nc(CC)n1.CCc1nc(CC)nc(CC)n1.CCc1nc(CC)nc(CC)n1.CCc1nc(CC)nc(CC)n1.c1ccc2c(c1)ccc1c3ccccc3oc21.c1ccc2c(c1)ccc1c3ccccc3sc21.c1ccc2cc3c(cc2c1)oc1ccccc13.c1ccc2cc3c(cc2c1)sc1ccccc13. The van der Waals surface area contributed by atoms with Gasteiger partial charge in [-0.2, -0.15) is 0 Å². The molecule has 0 spiro atoms. The molecule has 116 heavy (non-hydrogen) atoms. The van der Waals surface area contributed by atoms with Crippen molar-refractivity contribution in [2.75, 3.05) is 0 Å². The highest BCUT2D eigenvalue weighted by Gasteiger charge is 2.13. The van der Waals surface area contributed by atoms with Crippen molar-refractivity contribution < 1.29 is 8.83 Å². The third-order valence-corrected chi connectivity index (χ3v) is 22.3. The van der Waals surface area contributed by atoms with Gasteiger partial charge in [-0.3, -0.25) is 0 Å². The van der Waals surface area contributed by atoms with E-state index in [0.29, 0.717) is 0 Å². The van der Waals surface area contributed by atoms with E-state index in [2.05, 4.69) is 349 Å². The fourth-order valence-corrected chi connectivity index (χ4v) is 16.1. The molecular weight excluding hydrogens is 1470 g/mol. The Kier molecular flexibility index (Phi) is 28.0. The molecule has 12 aromatic carbocycles. The molecule has 14 nitrogen and oxygen atoms in total. The van der Waals surface area contributed by atoms with Gasteiger partial charge in [0.15, 0.2) is 0 Å². The summed E-state index contributed by atoms with van der Waals surface area (Å²) in [6.07, 6.45) is 10.7. The Hall–Kier alpha value is -12.2. The summed E-state index contributed by atoms with van der Waals surface area (Å²) in [7, 11) is 0. The lowest BCUT2D eigenvalue weighted by molar-refractivity contribution is 0.669. The standard InChI is InChI=1S/2C16H10O.2C16H10S.4C9H15N3/c1-2-6-12-10-16-14(9-11(12)5-1)13-7-3-4-8-15(13)17-16;1-2-6-12-11(5-1)9-10-14-13-7-3-4-8-15(13)17-16(12)14;1-2-6-12-10-16-14(9-11(12)5-1)13-7-3-4-8-15(13)17-16;1-2-6-12-11(5-1)9-10-14-13-7-3-4-8-15(13)17-16(12)14;4*1-4-7-10-8(5-2)12-9(6-3)11-7/h4*1-10H;4*4-6H2,1-3H3. The summed E-state index contributed by atoms with van der Waals surface area (Å²) in [4.78, 5) is 51.6. The van der Waals surface area contributed by atoms with E-state index in [0.717, 1.165) is 169 Å². The van der Waals surface area contributed by atoms with Gasteiger partial charge >= 0.3 is 0 Å². The molecule has 0 bridgehead atoms. The minimum absolute atomic E-state index is 0.891. The van der Waals surface area contributed by atoms with Gasteiger partial charge < -0.3 is 8.83 Å². The average Bonchev–Trinajstić information content (AvgIpc) is 1.62. The maximum Gasteiger partial charge on any atom is 0.143 e. The van der Waals surface area contributed by atoms with Crippen molar-refractivity contribution in [1.29, 1.82) is 0 Å². The van der Waals surface area contributed by atoms with Crippen molar-refractivity contribution in [3.8, 4) is 0 Å². The highest BCUT2D eigenvalue weighted by atomic mass is 32.1. The fraction of sp³-hybridized carbons (Fsp3) is 0.240. The van der Waals surface area contributed by atoms with Crippen molar-refractivity contribution in [3.63, 3.8) is 0 Å². The fourth-order valence-electron chi connectivity index (χ4n) is 13.7. The summed E-state index contributed by atoms with van der Waals surface area (Å²) >= 11 is 3.77. The van der Waals surface area contributed by atoms with Crippen LogP contribution in [0.15, 0.2) is 251 Å². The normalized spacial score (nSPS) is 11.0. The molecule has 0 aliphatic carbocycles. The van der Waals surface area contributed by atoms with E-state index in [-0.39, 0.29) is 0 Å². The van der Waals surface area contributed by atoms with Crippen LogP contribution < -0.4 is 0 Å². The van der Waals surface area contributed by atoms with Gasteiger partial charge in [0.1, 0.15) is 92.2 Å². The van der Waals surface area contributed by atoms with E-state index in [9.17, 15) is 0 Å². The first kappa shape index (κ1) is 81.8. The van der Waals surface area contributed by atoms with Crippen LogP contribution in [-0.2, 0) is 77.0 Å². The van der Waals surface area contributed by atoms with Crippen molar-refractivity contribution in [2.45, 2.75) is 160 Å². The first-order chi connectivity index (χ1) is 56.9. The Bertz CT molecular complexity index is 5910. The maximum atomic E-state index is 5.97. The number of furan rings is 2. The summed E-state index contributed by atoms with van der Waals surface area (Å²) in [6.45, 7) is 24.8. The van der Waals surface area contributed by atoms with Gasteiger partial charge in [0.05, 0.1) is 0 Å². The lowest BCUT2D eigenvalue weighted by Gasteiger charge is -2.01. The van der Waals surface area contributed by atoms with Gasteiger partial charge in [-0.25, -0.2) is 59.8 Å². The molecule has 0 atom stereocenters. The lowest BCUT2D eigenvalue weighted by atomic mass is 10.1. The first-order valence-electron chi connectivity index (χ1n) is 41.0. The summed E-state index contributed by atoms with van der Waals surface area (Å²) in [5.74, 6) is 11.0. The van der Waals surface area contributed by atoms with Gasteiger partial charge in [0.2, 0.25) is 0 Å². The van der Waals surface area contributed by atoms with Crippen LogP contribution in [-0.4, -0.2) is 59.8 Å². The van der Waals surface area contributed by atoms with Gasteiger partial charge in [0.25, 0.3) is 0 Å². The molecule has 584 valence electrons. The minimum atomic E-state index is 0.891. The van der Waals surface area contributed by atoms with Crippen LogP contribution in [0.5, 0.6) is 0 Å². The molecular formula is C100H100N12O2S2. The third kappa shape index (κ3) is 19.6. The van der Waals surface area contributed by atoms with Gasteiger partial charge in [-0.05, 0) is 92.3 Å². The second-order valence-corrected chi connectivity index (χ2v) is 29.8. The van der Waals surface area contributed by atoms with E-state index in [1.54, 1.807) is 0 Å². The van der Waals surface area contributed by atoms with Gasteiger partial charge in [-0.1, -0.05) is 271 Å². The Labute approximate surface area is 686 Å². The van der Waals surface area contributed by atoms with E-state index < -0.39 is 0 Å². The number of benzene rings is 12. The molecule has 8 heterocycles. The zero-order chi connectivity index (χ0) is 80.9. The number of aryl methyl sites for hydroxylation is 12. The number of aromatic nitrogens is 12. The zero-order valence-electron chi connectivity index (χ0n) is 68.6. The molecule has 0 saturated heterocycles. The number of hydrogen-bond donors (Lipinski definition) is 0. The number of rotatable bonds is 12. The Morgan fingerprint density at radius 1 is 0.190 bits per heavy atom. The highest BCUT2D eigenvalue weighted by molar-refractivity contribution is 7.26. The second kappa shape index (κ2) is 39.7. The number of hydrogen-bond acceptors (Lipinski definition) is 16. The third-order valence-electron chi connectivity index (χ3n) is 19.9. The van der Waals surface area contributed by atoms with Crippen LogP contribution in [0.1, 0.15) is 153 Å². The van der Waals surface area contributed by atoms with Crippen LogP contribution in [0.3, 0.4) is 0 Å². The molecule has 0 fully saturated rings. The summed E-state index contributed by atoms with van der Waals surface area (Å²) < 4.78 is 17.4. The minimum Gasteiger partial charge on any atom is -0.456 e. The zero-order valence-corrected chi connectivity index (χ0v) is 70.2. The van der Waals surface area contributed by atoms with E-state index in [1.165, 1.54) is 105 Å². The molecule has 0 aliphatic rings. The number of thiophene rings is 2. The topological polar surface area (TPSA) is 181 Å². The monoisotopic (exact) mass is 1560 g/mol. The molecule has 0 N–H and O–H groups in total. The van der Waals surface area contributed by atoms with Crippen molar-refractivity contribution in [3.05, 3.63) is 313 Å².